The van der Waals surface area contributed by atoms with E-state index in [9.17, 15) is 4.79 Å². The van der Waals surface area contributed by atoms with E-state index in [0.717, 1.165) is 20.4 Å². The van der Waals surface area contributed by atoms with Crippen molar-refractivity contribution in [1.29, 1.82) is 0 Å². The van der Waals surface area contributed by atoms with Crippen LogP contribution < -0.4 is 10.1 Å². The van der Waals surface area contributed by atoms with Gasteiger partial charge in [-0.3, -0.25) is 4.79 Å². The van der Waals surface area contributed by atoms with Crippen molar-refractivity contribution in [3.05, 3.63) is 51.4 Å². The minimum Gasteiger partial charge on any atom is -0.497 e. The summed E-state index contributed by atoms with van der Waals surface area (Å²) in [5.74, 6) is 0.786. The Labute approximate surface area is 170 Å². The summed E-state index contributed by atoms with van der Waals surface area (Å²) in [6.45, 7) is 0. The van der Waals surface area contributed by atoms with Crippen molar-refractivity contribution >= 4 is 55.2 Å². The third-order valence-electron chi connectivity index (χ3n) is 3.29. The number of tetrazole rings is 1. The number of nitrogens with one attached hydrogen (secondary N) is 1. The largest absolute Gasteiger partial charge is 0.497 e. The van der Waals surface area contributed by atoms with E-state index >= 15 is 0 Å². The zero-order valence-electron chi connectivity index (χ0n) is 13.5. The molecule has 0 saturated heterocycles. The molecule has 0 radical (unpaired) electrons. The summed E-state index contributed by atoms with van der Waals surface area (Å²) in [4.78, 5) is 12.2. The van der Waals surface area contributed by atoms with Crippen LogP contribution in [0.3, 0.4) is 0 Å². The SMILES string of the molecule is COc1ccc(-n2nnnc2SCC(=O)Nc2ccc(Br)c(Br)c2)cc1. The zero-order chi connectivity index (χ0) is 18.5. The molecule has 134 valence electrons. The summed E-state index contributed by atoms with van der Waals surface area (Å²) in [5.41, 5.74) is 1.50. The third kappa shape index (κ3) is 4.63. The average molecular weight is 499 g/mol. The summed E-state index contributed by atoms with van der Waals surface area (Å²) in [6, 6.07) is 12.8. The number of aromatic nitrogens is 4. The van der Waals surface area contributed by atoms with Crippen molar-refractivity contribution < 1.29 is 9.53 Å². The van der Waals surface area contributed by atoms with E-state index in [-0.39, 0.29) is 11.7 Å². The van der Waals surface area contributed by atoms with Gasteiger partial charge in [-0.25, -0.2) is 0 Å². The predicted molar refractivity (Wildman–Crippen MR) is 107 cm³/mol. The molecule has 10 heteroatoms. The molecule has 0 spiro atoms. The van der Waals surface area contributed by atoms with Gasteiger partial charge in [0.05, 0.1) is 18.6 Å². The Hall–Kier alpha value is -1.91. The monoisotopic (exact) mass is 497 g/mol. The fourth-order valence-corrected chi connectivity index (χ4v) is 3.37. The first-order chi connectivity index (χ1) is 12.6. The number of rotatable bonds is 6. The van der Waals surface area contributed by atoms with Crippen LogP contribution >= 0.6 is 43.6 Å². The summed E-state index contributed by atoms with van der Waals surface area (Å²) in [7, 11) is 1.61. The minimum absolute atomic E-state index is 0.145. The van der Waals surface area contributed by atoms with Gasteiger partial charge in [0.15, 0.2) is 0 Å². The molecule has 0 aliphatic heterocycles. The molecule has 3 aromatic rings. The minimum atomic E-state index is -0.145. The number of nitrogens with zero attached hydrogens (tertiary/aromatic N) is 4. The molecule has 1 amide bonds. The number of thioether (sulfide) groups is 1. The summed E-state index contributed by atoms with van der Waals surface area (Å²) >= 11 is 8.06. The number of amides is 1. The second kappa shape index (κ2) is 8.65. The lowest BCUT2D eigenvalue weighted by molar-refractivity contribution is -0.113. The lowest BCUT2D eigenvalue weighted by Crippen LogP contribution is -2.14. The summed E-state index contributed by atoms with van der Waals surface area (Å²) < 4.78 is 8.51. The molecule has 0 aliphatic rings. The van der Waals surface area contributed by atoms with Crippen LogP contribution in [0.1, 0.15) is 0 Å². The number of benzene rings is 2. The van der Waals surface area contributed by atoms with Crippen molar-refractivity contribution in [1.82, 2.24) is 20.2 Å². The topological polar surface area (TPSA) is 81.9 Å². The van der Waals surface area contributed by atoms with Crippen molar-refractivity contribution in [2.24, 2.45) is 0 Å². The molecule has 26 heavy (non-hydrogen) atoms. The first-order valence-corrected chi connectivity index (χ1v) is 9.94. The van der Waals surface area contributed by atoms with Gasteiger partial charge in [0.25, 0.3) is 0 Å². The van der Waals surface area contributed by atoms with Gasteiger partial charge in [0.2, 0.25) is 11.1 Å². The molecule has 0 fully saturated rings. The fourth-order valence-electron chi connectivity index (χ4n) is 2.06. The molecule has 1 heterocycles. The quantitative estimate of drug-likeness (QED) is 0.518. The molecule has 1 aromatic heterocycles. The molecular weight excluding hydrogens is 486 g/mol. The molecular formula is C16H13Br2N5O2S. The van der Waals surface area contributed by atoms with Crippen LogP contribution in [0, 0.1) is 0 Å². The number of halogens is 2. The van der Waals surface area contributed by atoms with E-state index in [4.69, 9.17) is 4.74 Å². The lowest BCUT2D eigenvalue weighted by atomic mass is 10.3. The standard InChI is InChI=1S/C16H13Br2N5O2S/c1-25-12-5-3-11(4-6-12)23-16(20-21-22-23)26-9-15(24)19-10-2-7-13(17)14(18)8-10/h2-8H,9H2,1H3,(H,19,24). The third-order valence-corrected chi connectivity index (χ3v) is 6.09. The van der Waals surface area contributed by atoms with Crippen molar-refractivity contribution in [2.75, 3.05) is 18.2 Å². The van der Waals surface area contributed by atoms with Crippen molar-refractivity contribution in [2.45, 2.75) is 5.16 Å². The smallest absolute Gasteiger partial charge is 0.234 e. The number of carbonyl (C=O) groups excluding carboxylic acids is 1. The van der Waals surface area contributed by atoms with Crippen LogP contribution in [0.25, 0.3) is 5.69 Å². The Bertz CT molecular complexity index is 917. The maximum Gasteiger partial charge on any atom is 0.234 e. The summed E-state index contributed by atoms with van der Waals surface area (Å²) in [5, 5.41) is 15.0. The van der Waals surface area contributed by atoms with Gasteiger partial charge < -0.3 is 10.1 Å². The van der Waals surface area contributed by atoms with Crippen LogP contribution in [0.2, 0.25) is 0 Å². The van der Waals surface area contributed by atoms with Crippen LogP contribution in [0.4, 0.5) is 5.69 Å². The molecule has 0 unspecified atom stereocenters. The Kier molecular flexibility index (Phi) is 6.28. The molecule has 1 N–H and O–H groups in total. The number of hydrogen-bond acceptors (Lipinski definition) is 6. The van der Waals surface area contributed by atoms with Gasteiger partial charge >= 0.3 is 0 Å². The highest BCUT2D eigenvalue weighted by atomic mass is 79.9. The average Bonchev–Trinajstić information content (AvgIpc) is 3.12. The number of ether oxygens (including phenoxy) is 1. The molecule has 2 aromatic carbocycles. The molecule has 7 nitrogen and oxygen atoms in total. The first-order valence-electron chi connectivity index (χ1n) is 7.37. The van der Waals surface area contributed by atoms with Gasteiger partial charge in [-0.1, -0.05) is 11.8 Å². The van der Waals surface area contributed by atoms with Crippen molar-refractivity contribution in [3.63, 3.8) is 0 Å². The first kappa shape index (κ1) is 18.9. The van der Waals surface area contributed by atoms with Crippen LogP contribution in [0.15, 0.2) is 56.6 Å². The van der Waals surface area contributed by atoms with E-state index < -0.39 is 0 Å². The van der Waals surface area contributed by atoms with Crippen molar-refractivity contribution in [3.8, 4) is 11.4 Å². The second-order valence-electron chi connectivity index (χ2n) is 5.04. The Balaban J connectivity index is 1.63. The Morgan fingerprint density at radius 2 is 1.96 bits per heavy atom. The molecule has 0 bridgehead atoms. The number of hydrogen-bond donors (Lipinski definition) is 1. The highest BCUT2D eigenvalue weighted by Gasteiger charge is 2.12. The van der Waals surface area contributed by atoms with Gasteiger partial charge in [-0.05, 0) is 84.8 Å². The van der Waals surface area contributed by atoms with Gasteiger partial charge in [0, 0.05) is 14.6 Å². The highest BCUT2D eigenvalue weighted by molar-refractivity contribution is 9.13. The van der Waals surface area contributed by atoms with E-state index in [0.29, 0.717) is 10.8 Å². The molecule has 0 atom stereocenters. The van der Waals surface area contributed by atoms with Crippen LogP contribution in [0.5, 0.6) is 5.75 Å². The predicted octanol–water partition coefficient (Wildman–Crippen LogP) is 3.93. The maximum absolute atomic E-state index is 12.2. The highest BCUT2D eigenvalue weighted by Crippen LogP contribution is 2.26. The van der Waals surface area contributed by atoms with E-state index in [1.807, 2.05) is 42.5 Å². The second-order valence-corrected chi connectivity index (χ2v) is 7.69. The van der Waals surface area contributed by atoms with Crippen LogP contribution in [-0.2, 0) is 4.79 Å². The van der Waals surface area contributed by atoms with Gasteiger partial charge in [0.1, 0.15) is 5.75 Å². The fraction of sp³-hybridized carbons (Fsp3) is 0.125. The zero-order valence-corrected chi connectivity index (χ0v) is 17.5. The van der Waals surface area contributed by atoms with Gasteiger partial charge in [-0.15, -0.1) is 5.10 Å². The van der Waals surface area contributed by atoms with E-state index in [1.165, 1.54) is 11.8 Å². The van der Waals surface area contributed by atoms with E-state index in [2.05, 4.69) is 52.7 Å². The maximum atomic E-state index is 12.2. The molecule has 0 aliphatic carbocycles. The lowest BCUT2D eigenvalue weighted by Gasteiger charge is -2.07. The number of methoxy groups -OCH3 is 1. The number of anilines is 1. The molecule has 0 saturated carbocycles. The Morgan fingerprint density at radius 3 is 2.65 bits per heavy atom. The van der Waals surface area contributed by atoms with E-state index in [1.54, 1.807) is 11.8 Å². The normalized spacial score (nSPS) is 10.6. The Morgan fingerprint density at radius 1 is 1.19 bits per heavy atom. The molecule has 3 rings (SSSR count). The summed E-state index contributed by atoms with van der Waals surface area (Å²) in [6.07, 6.45) is 0. The van der Waals surface area contributed by atoms with Crippen LogP contribution in [-0.4, -0.2) is 39.0 Å². The van der Waals surface area contributed by atoms with Gasteiger partial charge in [-0.2, -0.15) is 4.68 Å². The number of carbonyl (C=O) groups is 1.